The Balaban J connectivity index is 2.49. The van der Waals surface area contributed by atoms with Crippen molar-refractivity contribution in [2.24, 2.45) is 0 Å². The Hall–Kier alpha value is -1.77. The summed E-state index contributed by atoms with van der Waals surface area (Å²) in [5, 5.41) is 2.83. The lowest BCUT2D eigenvalue weighted by Crippen LogP contribution is -2.31. The van der Waals surface area contributed by atoms with Gasteiger partial charge >= 0.3 is 5.97 Å². The summed E-state index contributed by atoms with van der Waals surface area (Å²) in [5.41, 5.74) is 0.709. The Morgan fingerprint density at radius 3 is 2.54 bits per heavy atom. The number of hydrogen-bond acceptors (Lipinski definition) is 7. The highest BCUT2D eigenvalue weighted by Crippen LogP contribution is 2.16. The van der Waals surface area contributed by atoms with Gasteiger partial charge in [-0.15, -0.1) is 0 Å². The van der Waals surface area contributed by atoms with E-state index in [-0.39, 0.29) is 25.7 Å². The summed E-state index contributed by atoms with van der Waals surface area (Å²) in [6.45, 7) is 2.67. The Morgan fingerprint density at radius 2 is 1.92 bits per heavy atom. The second kappa shape index (κ2) is 13.4. The Bertz CT molecular complexity index is 537. The van der Waals surface area contributed by atoms with Gasteiger partial charge in [-0.05, 0) is 37.4 Å². The minimum absolute atomic E-state index is 0.0187. The largest absolute Gasteiger partial charge is 0.490 e. The molecule has 0 aromatic heterocycles. The van der Waals surface area contributed by atoms with E-state index in [1.54, 1.807) is 36.0 Å². The van der Waals surface area contributed by atoms with Crippen molar-refractivity contribution in [1.29, 1.82) is 0 Å². The van der Waals surface area contributed by atoms with Gasteiger partial charge in [0, 0.05) is 31.6 Å². The highest BCUT2D eigenvalue weighted by Gasteiger charge is 2.16. The van der Waals surface area contributed by atoms with Crippen LogP contribution in [0.5, 0.6) is 5.75 Å². The number of carbonyl (C=O) groups excluding carboxylic acids is 2. The fraction of sp³-hybridized carbons (Fsp3) is 0.556. The van der Waals surface area contributed by atoms with Crippen LogP contribution in [0, 0.1) is 0 Å². The van der Waals surface area contributed by atoms with E-state index in [1.807, 2.05) is 13.2 Å². The summed E-state index contributed by atoms with van der Waals surface area (Å²) in [6.07, 6.45) is 1.92. The topological polar surface area (TPSA) is 83.1 Å². The van der Waals surface area contributed by atoms with E-state index in [0.717, 1.165) is 5.75 Å². The predicted octanol–water partition coefficient (Wildman–Crippen LogP) is 2.35. The summed E-state index contributed by atoms with van der Waals surface area (Å²) in [7, 11) is 1.43. The Labute approximate surface area is 158 Å². The van der Waals surface area contributed by atoms with Crippen molar-refractivity contribution < 1.29 is 28.5 Å². The van der Waals surface area contributed by atoms with E-state index >= 15 is 0 Å². The maximum Gasteiger partial charge on any atom is 0.332 e. The van der Waals surface area contributed by atoms with Crippen LogP contribution in [0.2, 0.25) is 0 Å². The number of carbonyl (C=O) groups is 2. The molecule has 7 nitrogen and oxygen atoms in total. The number of nitrogens with one attached hydrogen (secondary N) is 1. The van der Waals surface area contributed by atoms with Gasteiger partial charge in [-0.1, -0.05) is 0 Å². The molecular formula is C18H27NO6S. The fourth-order valence-corrected chi connectivity index (χ4v) is 2.33. The zero-order valence-corrected chi connectivity index (χ0v) is 16.3. The summed E-state index contributed by atoms with van der Waals surface area (Å²) in [6, 6.07) is 7.03. The normalized spacial score (nSPS) is 11.7. The van der Waals surface area contributed by atoms with Crippen LogP contribution < -0.4 is 10.1 Å². The van der Waals surface area contributed by atoms with Gasteiger partial charge in [0.2, 0.25) is 5.91 Å². The van der Waals surface area contributed by atoms with Crippen LogP contribution in [0.1, 0.15) is 13.3 Å². The van der Waals surface area contributed by atoms with Crippen LogP contribution in [0.4, 0.5) is 5.69 Å². The molecule has 0 spiro atoms. The molecule has 0 aliphatic carbocycles. The van der Waals surface area contributed by atoms with Gasteiger partial charge in [0.05, 0.1) is 6.61 Å². The first-order valence-corrected chi connectivity index (χ1v) is 9.76. The number of methoxy groups -OCH3 is 1. The Morgan fingerprint density at radius 1 is 1.19 bits per heavy atom. The number of benzene rings is 1. The van der Waals surface area contributed by atoms with Gasteiger partial charge in [-0.3, -0.25) is 4.79 Å². The predicted molar refractivity (Wildman–Crippen MR) is 102 cm³/mol. The number of thioether (sulfide) groups is 1. The molecule has 1 unspecified atom stereocenters. The molecule has 0 saturated carbocycles. The lowest BCUT2D eigenvalue weighted by atomic mass is 10.3. The average Bonchev–Trinajstić information content (AvgIpc) is 2.63. The highest BCUT2D eigenvalue weighted by molar-refractivity contribution is 7.98. The van der Waals surface area contributed by atoms with Crippen molar-refractivity contribution in [3.63, 3.8) is 0 Å². The van der Waals surface area contributed by atoms with Crippen molar-refractivity contribution in [2.45, 2.75) is 19.4 Å². The van der Waals surface area contributed by atoms with Crippen LogP contribution in [0.15, 0.2) is 24.3 Å². The smallest absolute Gasteiger partial charge is 0.332 e. The van der Waals surface area contributed by atoms with Gasteiger partial charge in [0.1, 0.15) is 19.0 Å². The minimum Gasteiger partial charge on any atom is -0.490 e. The van der Waals surface area contributed by atoms with Crippen molar-refractivity contribution >= 4 is 29.3 Å². The van der Waals surface area contributed by atoms with Crippen molar-refractivity contribution in [3.05, 3.63) is 24.3 Å². The van der Waals surface area contributed by atoms with Crippen LogP contribution in [0.3, 0.4) is 0 Å². The van der Waals surface area contributed by atoms with Gasteiger partial charge in [-0.25, -0.2) is 4.79 Å². The molecule has 1 aromatic carbocycles. The quantitative estimate of drug-likeness (QED) is 0.522. The number of anilines is 1. The molecule has 1 rings (SSSR count). The SMILES string of the molecule is CCOCC(COc1ccc(NC(=O)CCSC)cc1)OC(=O)COC. The molecule has 1 atom stereocenters. The van der Waals surface area contributed by atoms with Gasteiger partial charge in [0.15, 0.2) is 6.10 Å². The third-order valence-electron chi connectivity index (χ3n) is 3.18. The van der Waals surface area contributed by atoms with Crippen LogP contribution in [0.25, 0.3) is 0 Å². The summed E-state index contributed by atoms with van der Waals surface area (Å²) in [4.78, 5) is 23.2. The van der Waals surface area contributed by atoms with Gasteiger partial charge < -0.3 is 24.3 Å². The second-order valence-electron chi connectivity index (χ2n) is 5.33. The zero-order chi connectivity index (χ0) is 19.2. The average molecular weight is 385 g/mol. The molecule has 0 heterocycles. The van der Waals surface area contributed by atoms with Gasteiger partial charge in [-0.2, -0.15) is 11.8 Å². The van der Waals surface area contributed by atoms with E-state index in [2.05, 4.69) is 5.32 Å². The number of rotatable bonds is 13. The van der Waals surface area contributed by atoms with E-state index in [0.29, 0.717) is 24.5 Å². The van der Waals surface area contributed by atoms with Crippen molar-refractivity contribution in [3.8, 4) is 5.75 Å². The van der Waals surface area contributed by atoms with E-state index in [9.17, 15) is 9.59 Å². The first-order valence-electron chi connectivity index (χ1n) is 8.36. The summed E-state index contributed by atoms with van der Waals surface area (Å²) < 4.78 is 21.0. The Kier molecular flexibility index (Phi) is 11.5. The summed E-state index contributed by atoms with van der Waals surface area (Å²) >= 11 is 1.63. The number of hydrogen-bond donors (Lipinski definition) is 1. The maximum atomic E-state index is 11.7. The first kappa shape index (κ1) is 22.3. The van der Waals surface area contributed by atoms with Crippen LogP contribution in [-0.4, -0.2) is 63.5 Å². The number of ether oxygens (including phenoxy) is 4. The molecule has 0 saturated heterocycles. The van der Waals surface area contributed by atoms with Gasteiger partial charge in [0.25, 0.3) is 0 Å². The molecule has 0 aliphatic heterocycles. The monoisotopic (exact) mass is 385 g/mol. The molecule has 1 N–H and O–H groups in total. The second-order valence-corrected chi connectivity index (χ2v) is 6.32. The van der Waals surface area contributed by atoms with Crippen molar-refractivity contribution in [2.75, 3.05) is 50.9 Å². The molecule has 1 amide bonds. The number of amides is 1. The first-order chi connectivity index (χ1) is 12.6. The number of esters is 1. The van der Waals surface area contributed by atoms with Crippen LogP contribution >= 0.6 is 11.8 Å². The molecule has 26 heavy (non-hydrogen) atoms. The third-order valence-corrected chi connectivity index (χ3v) is 3.79. The molecule has 0 radical (unpaired) electrons. The maximum absolute atomic E-state index is 11.7. The van der Waals surface area contributed by atoms with E-state index in [1.165, 1.54) is 7.11 Å². The lowest BCUT2D eigenvalue weighted by Gasteiger charge is -2.18. The standard InChI is InChI=1S/C18H27NO6S/c1-4-23-11-16(25-18(21)13-22-2)12-24-15-7-5-14(6-8-15)19-17(20)9-10-26-3/h5-8,16H,4,9-13H2,1-3H3,(H,19,20). The molecule has 0 bridgehead atoms. The minimum atomic E-state index is -0.525. The molecule has 1 aromatic rings. The summed E-state index contributed by atoms with van der Waals surface area (Å²) in [5.74, 6) is 0.908. The molecule has 0 aliphatic rings. The lowest BCUT2D eigenvalue weighted by molar-refractivity contribution is -0.158. The molecule has 146 valence electrons. The van der Waals surface area contributed by atoms with Crippen molar-refractivity contribution in [1.82, 2.24) is 0 Å². The van der Waals surface area contributed by atoms with E-state index in [4.69, 9.17) is 18.9 Å². The molecule has 0 fully saturated rings. The molecular weight excluding hydrogens is 358 g/mol. The van der Waals surface area contributed by atoms with E-state index < -0.39 is 12.1 Å². The zero-order valence-electron chi connectivity index (χ0n) is 15.5. The highest BCUT2D eigenvalue weighted by atomic mass is 32.2. The third kappa shape index (κ3) is 9.65. The molecule has 8 heteroatoms. The fourth-order valence-electron chi connectivity index (χ4n) is 1.95. The van der Waals surface area contributed by atoms with Crippen LogP contribution in [-0.2, 0) is 23.8 Å².